The molecule has 0 radical (unpaired) electrons. The van der Waals surface area contributed by atoms with E-state index < -0.39 is 6.04 Å². The Morgan fingerprint density at radius 1 is 1.33 bits per heavy atom. The fourth-order valence-electron chi connectivity index (χ4n) is 2.11. The SMILES string of the molecule is NC(Cc1ccccc1)C(=O)NC1CCSCC1. The molecule has 1 saturated heterocycles. The summed E-state index contributed by atoms with van der Waals surface area (Å²) in [4.78, 5) is 12.0. The first-order valence-corrected chi connectivity index (χ1v) is 7.59. The summed E-state index contributed by atoms with van der Waals surface area (Å²) < 4.78 is 0. The van der Waals surface area contributed by atoms with Crippen LogP contribution in [0.25, 0.3) is 0 Å². The summed E-state index contributed by atoms with van der Waals surface area (Å²) in [5.41, 5.74) is 7.06. The van der Waals surface area contributed by atoms with Crippen molar-refractivity contribution in [2.45, 2.75) is 31.3 Å². The summed E-state index contributed by atoms with van der Waals surface area (Å²) in [5.74, 6) is 2.26. The van der Waals surface area contributed by atoms with Gasteiger partial charge in [0.25, 0.3) is 0 Å². The number of carbonyl (C=O) groups is 1. The van der Waals surface area contributed by atoms with E-state index in [1.165, 1.54) is 0 Å². The monoisotopic (exact) mass is 264 g/mol. The van der Waals surface area contributed by atoms with Crippen LogP contribution >= 0.6 is 11.8 Å². The maximum atomic E-state index is 12.0. The van der Waals surface area contributed by atoms with Crippen molar-refractivity contribution in [1.82, 2.24) is 5.32 Å². The van der Waals surface area contributed by atoms with Crippen molar-refractivity contribution in [2.24, 2.45) is 5.73 Å². The topological polar surface area (TPSA) is 55.1 Å². The van der Waals surface area contributed by atoms with Crippen molar-refractivity contribution in [3.8, 4) is 0 Å². The van der Waals surface area contributed by atoms with E-state index in [1.54, 1.807) is 0 Å². The summed E-state index contributed by atoms with van der Waals surface area (Å²) in [7, 11) is 0. The number of amides is 1. The van der Waals surface area contributed by atoms with E-state index in [9.17, 15) is 4.79 Å². The molecule has 1 unspecified atom stereocenters. The van der Waals surface area contributed by atoms with Crippen LogP contribution in [0.1, 0.15) is 18.4 Å². The van der Waals surface area contributed by atoms with Crippen LogP contribution < -0.4 is 11.1 Å². The van der Waals surface area contributed by atoms with Crippen molar-refractivity contribution in [3.63, 3.8) is 0 Å². The van der Waals surface area contributed by atoms with Gasteiger partial charge in [0.1, 0.15) is 0 Å². The molecule has 1 heterocycles. The molecule has 1 aliphatic rings. The molecule has 1 amide bonds. The molecule has 3 N–H and O–H groups in total. The Balaban J connectivity index is 1.81. The molecule has 0 spiro atoms. The number of nitrogens with one attached hydrogen (secondary N) is 1. The van der Waals surface area contributed by atoms with E-state index >= 15 is 0 Å². The number of rotatable bonds is 4. The maximum absolute atomic E-state index is 12.0. The van der Waals surface area contributed by atoms with Crippen LogP contribution in [-0.4, -0.2) is 29.5 Å². The lowest BCUT2D eigenvalue weighted by atomic mass is 10.1. The lowest BCUT2D eigenvalue weighted by Crippen LogP contribution is -2.47. The molecule has 1 aromatic rings. The van der Waals surface area contributed by atoms with Crippen molar-refractivity contribution >= 4 is 17.7 Å². The van der Waals surface area contributed by atoms with Gasteiger partial charge in [-0.3, -0.25) is 4.79 Å². The fourth-order valence-corrected chi connectivity index (χ4v) is 3.22. The molecular formula is C14H20N2OS. The van der Waals surface area contributed by atoms with Gasteiger partial charge in [-0.1, -0.05) is 30.3 Å². The average Bonchev–Trinajstić information content (AvgIpc) is 2.41. The quantitative estimate of drug-likeness (QED) is 0.868. The summed E-state index contributed by atoms with van der Waals surface area (Å²) in [6.45, 7) is 0. The van der Waals surface area contributed by atoms with Gasteiger partial charge in [-0.2, -0.15) is 11.8 Å². The van der Waals surface area contributed by atoms with Gasteiger partial charge in [0.2, 0.25) is 5.91 Å². The largest absolute Gasteiger partial charge is 0.352 e. The van der Waals surface area contributed by atoms with E-state index in [4.69, 9.17) is 5.73 Å². The molecule has 98 valence electrons. The van der Waals surface area contributed by atoms with Gasteiger partial charge in [-0.25, -0.2) is 0 Å². The number of carbonyl (C=O) groups excluding carboxylic acids is 1. The Kier molecular flexibility index (Phi) is 5.08. The molecule has 1 aliphatic heterocycles. The minimum Gasteiger partial charge on any atom is -0.352 e. The van der Waals surface area contributed by atoms with Gasteiger partial charge < -0.3 is 11.1 Å². The van der Waals surface area contributed by atoms with Crippen LogP contribution in [0.4, 0.5) is 0 Å². The molecule has 0 aromatic heterocycles. The second-order valence-electron chi connectivity index (χ2n) is 4.69. The molecule has 4 heteroatoms. The van der Waals surface area contributed by atoms with E-state index in [0.29, 0.717) is 12.5 Å². The number of hydrogen-bond acceptors (Lipinski definition) is 3. The van der Waals surface area contributed by atoms with Crippen LogP contribution in [0.3, 0.4) is 0 Å². The third kappa shape index (κ3) is 4.03. The van der Waals surface area contributed by atoms with E-state index in [1.807, 2.05) is 42.1 Å². The molecule has 1 aromatic carbocycles. The van der Waals surface area contributed by atoms with E-state index in [-0.39, 0.29) is 5.91 Å². The first-order valence-electron chi connectivity index (χ1n) is 6.43. The van der Waals surface area contributed by atoms with Crippen molar-refractivity contribution in [1.29, 1.82) is 0 Å². The lowest BCUT2D eigenvalue weighted by Gasteiger charge is -2.24. The molecule has 0 bridgehead atoms. The predicted octanol–water partition coefficient (Wildman–Crippen LogP) is 1.57. The standard InChI is InChI=1S/C14H20N2OS/c15-13(10-11-4-2-1-3-5-11)14(17)16-12-6-8-18-9-7-12/h1-5,12-13H,6-10,15H2,(H,16,17). The Morgan fingerprint density at radius 2 is 2.00 bits per heavy atom. The molecule has 3 nitrogen and oxygen atoms in total. The zero-order valence-electron chi connectivity index (χ0n) is 10.5. The lowest BCUT2D eigenvalue weighted by molar-refractivity contribution is -0.123. The Morgan fingerprint density at radius 3 is 2.67 bits per heavy atom. The number of benzene rings is 1. The third-order valence-corrected chi connectivity index (χ3v) is 4.25. The van der Waals surface area contributed by atoms with Crippen LogP contribution in [0.2, 0.25) is 0 Å². The highest BCUT2D eigenvalue weighted by Gasteiger charge is 2.20. The van der Waals surface area contributed by atoms with Crippen molar-refractivity contribution in [3.05, 3.63) is 35.9 Å². The molecule has 0 aliphatic carbocycles. The van der Waals surface area contributed by atoms with Gasteiger partial charge in [0, 0.05) is 6.04 Å². The van der Waals surface area contributed by atoms with Crippen LogP contribution in [0.15, 0.2) is 30.3 Å². The average molecular weight is 264 g/mol. The fraction of sp³-hybridized carbons (Fsp3) is 0.500. The Bertz CT molecular complexity index is 377. The Labute approximate surface area is 113 Å². The van der Waals surface area contributed by atoms with Gasteiger partial charge >= 0.3 is 0 Å². The molecule has 1 atom stereocenters. The van der Waals surface area contributed by atoms with Gasteiger partial charge in [0.15, 0.2) is 0 Å². The summed E-state index contributed by atoms with van der Waals surface area (Å²) in [6.07, 6.45) is 2.73. The minimum atomic E-state index is -0.443. The molecule has 2 rings (SSSR count). The number of nitrogens with two attached hydrogens (primary N) is 1. The van der Waals surface area contributed by atoms with E-state index in [0.717, 1.165) is 29.9 Å². The number of hydrogen-bond donors (Lipinski definition) is 2. The van der Waals surface area contributed by atoms with Gasteiger partial charge in [-0.15, -0.1) is 0 Å². The normalized spacial score (nSPS) is 18.3. The van der Waals surface area contributed by atoms with Crippen LogP contribution in [-0.2, 0) is 11.2 Å². The Hall–Kier alpha value is -1.00. The highest BCUT2D eigenvalue weighted by Crippen LogP contribution is 2.17. The van der Waals surface area contributed by atoms with Gasteiger partial charge in [0.05, 0.1) is 6.04 Å². The highest BCUT2D eigenvalue weighted by atomic mass is 32.2. The summed E-state index contributed by atoms with van der Waals surface area (Å²) in [5, 5.41) is 3.06. The van der Waals surface area contributed by atoms with Crippen molar-refractivity contribution in [2.75, 3.05) is 11.5 Å². The molecule has 0 saturated carbocycles. The predicted molar refractivity (Wildman–Crippen MR) is 76.6 cm³/mol. The number of thioether (sulfide) groups is 1. The zero-order valence-corrected chi connectivity index (χ0v) is 11.3. The first-order chi connectivity index (χ1) is 8.75. The van der Waals surface area contributed by atoms with Crippen LogP contribution in [0.5, 0.6) is 0 Å². The molecular weight excluding hydrogens is 244 g/mol. The molecule has 18 heavy (non-hydrogen) atoms. The molecule has 1 fully saturated rings. The minimum absolute atomic E-state index is 0.0178. The van der Waals surface area contributed by atoms with E-state index in [2.05, 4.69) is 5.32 Å². The second kappa shape index (κ2) is 6.81. The second-order valence-corrected chi connectivity index (χ2v) is 5.92. The highest BCUT2D eigenvalue weighted by molar-refractivity contribution is 7.99. The van der Waals surface area contributed by atoms with Crippen molar-refractivity contribution < 1.29 is 4.79 Å². The zero-order chi connectivity index (χ0) is 12.8. The third-order valence-electron chi connectivity index (χ3n) is 3.20. The smallest absolute Gasteiger partial charge is 0.237 e. The van der Waals surface area contributed by atoms with Gasteiger partial charge in [-0.05, 0) is 36.3 Å². The maximum Gasteiger partial charge on any atom is 0.237 e. The first kappa shape index (κ1) is 13.4. The summed E-state index contributed by atoms with van der Waals surface area (Å²) in [6, 6.07) is 9.79. The van der Waals surface area contributed by atoms with Crippen LogP contribution in [0, 0.1) is 0 Å². The summed E-state index contributed by atoms with van der Waals surface area (Å²) >= 11 is 1.95.